The Kier molecular flexibility index (Phi) is 4.47. The molecule has 0 saturated carbocycles. The lowest BCUT2D eigenvalue weighted by atomic mass is 9.98. The van der Waals surface area contributed by atoms with Gasteiger partial charge in [0.2, 0.25) is 0 Å². The smallest absolute Gasteiger partial charge is 0.330 e. The van der Waals surface area contributed by atoms with Gasteiger partial charge in [-0.2, -0.15) is 5.10 Å². The van der Waals surface area contributed by atoms with E-state index in [9.17, 15) is 4.79 Å². The summed E-state index contributed by atoms with van der Waals surface area (Å²) in [5, 5.41) is 7.74. The van der Waals surface area contributed by atoms with Crippen molar-refractivity contribution in [2.24, 2.45) is 5.41 Å². The van der Waals surface area contributed by atoms with Gasteiger partial charge in [-0.05, 0) is 32.9 Å². The molecule has 0 amide bonds. The number of hydrogen-bond acceptors (Lipinski definition) is 7. The molecule has 0 atom stereocenters. The number of anilines is 1. The van der Waals surface area contributed by atoms with Crippen molar-refractivity contribution in [1.82, 2.24) is 24.8 Å². The Balaban J connectivity index is 1.64. The van der Waals surface area contributed by atoms with E-state index in [4.69, 9.17) is 27.3 Å². The van der Waals surface area contributed by atoms with Gasteiger partial charge in [-0.1, -0.05) is 23.7 Å². The van der Waals surface area contributed by atoms with Crippen LogP contribution in [0.5, 0.6) is 0 Å². The van der Waals surface area contributed by atoms with Crippen molar-refractivity contribution in [3.8, 4) is 11.3 Å². The molecule has 1 aromatic carbocycles. The zero-order valence-corrected chi connectivity index (χ0v) is 16.6. The Labute approximate surface area is 167 Å². The second-order valence-corrected chi connectivity index (χ2v) is 8.32. The molecule has 0 unspecified atom stereocenters. The lowest BCUT2D eigenvalue weighted by molar-refractivity contribution is -0.226. The minimum absolute atomic E-state index is 0.0191. The molecule has 28 heavy (non-hydrogen) atoms. The Morgan fingerprint density at radius 3 is 2.54 bits per heavy atom. The number of rotatable bonds is 3. The van der Waals surface area contributed by atoms with Crippen LogP contribution in [0.4, 0.5) is 5.82 Å². The number of hydrogen-bond donors (Lipinski definition) is 1. The molecule has 0 bridgehead atoms. The highest BCUT2D eigenvalue weighted by Gasteiger charge is 2.36. The first kappa shape index (κ1) is 18.6. The van der Waals surface area contributed by atoms with Gasteiger partial charge in [0, 0.05) is 10.6 Å². The molecule has 2 aromatic heterocycles. The van der Waals surface area contributed by atoms with Crippen molar-refractivity contribution in [2.45, 2.75) is 26.8 Å². The Bertz CT molecular complexity index is 1030. The van der Waals surface area contributed by atoms with E-state index >= 15 is 0 Å². The van der Waals surface area contributed by atoms with E-state index in [1.54, 1.807) is 17.2 Å². The molecule has 0 spiro atoms. The highest BCUT2D eigenvalue weighted by Crippen LogP contribution is 2.34. The van der Waals surface area contributed by atoms with Crippen LogP contribution in [0, 0.1) is 5.41 Å². The molecular formula is C19H21ClN6O2. The number of halogens is 1. The average molecular weight is 401 g/mol. The first-order valence-electron chi connectivity index (χ1n) is 8.96. The molecule has 4 rings (SSSR count). The molecule has 8 nitrogen and oxygen atoms in total. The molecule has 9 heteroatoms. The molecule has 2 N–H and O–H groups in total. The van der Waals surface area contributed by atoms with Crippen LogP contribution in [-0.4, -0.2) is 43.9 Å². The third kappa shape index (κ3) is 3.29. The third-order valence-corrected chi connectivity index (χ3v) is 4.89. The number of aromatic nitrogens is 4. The van der Waals surface area contributed by atoms with E-state index in [1.807, 2.05) is 37.6 Å². The Morgan fingerprint density at radius 1 is 1.21 bits per heavy atom. The van der Waals surface area contributed by atoms with Crippen LogP contribution >= 0.6 is 11.6 Å². The molecule has 1 fully saturated rings. The van der Waals surface area contributed by atoms with E-state index in [0.29, 0.717) is 40.7 Å². The average Bonchev–Trinajstić information content (AvgIpc) is 2.98. The van der Waals surface area contributed by atoms with Gasteiger partial charge >= 0.3 is 5.97 Å². The molecule has 3 heterocycles. The Hall–Kier alpha value is -2.71. The molecule has 0 aliphatic carbocycles. The number of nitrogens with zero attached hydrogens (tertiary/aromatic N) is 5. The van der Waals surface area contributed by atoms with Gasteiger partial charge in [0.05, 0.1) is 29.9 Å². The highest BCUT2D eigenvalue weighted by atomic mass is 35.5. The fourth-order valence-electron chi connectivity index (χ4n) is 2.96. The van der Waals surface area contributed by atoms with Crippen LogP contribution in [0.3, 0.4) is 0 Å². The predicted octanol–water partition coefficient (Wildman–Crippen LogP) is 3.09. The van der Waals surface area contributed by atoms with Gasteiger partial charge in [-0.15, -0.1) is 5.06 Å². The standard InChI is InChI=1S/C19H21ClN6O2/c1-19(2,3)18(27)28-25-8-13(9-25)26-17-14(16(21)22-10-23-17)15(24-26)11-4-6-12(20)7-5-11/h4-7,10,13H,8-9H2,1-3H3,(H2,21,22,23). The van der Waals surface area contributed by atoms with Gasteiger partial charge in [0.15, 0.2) is 5.65 Å². The quantitative estimate of drug-likeness (QED) is 0.721. The van der Waals surface area contributed by atoms with Crippen LogP contribution in [0.15, 0.2) is 30.6 Å². The van der Waals surface area contributed by atoms with Crippen molar-refractivity contribution < 1.29 is 9.63 Å². The summed E-state index contributed by atoms with van der Waals surface area (Å²) in [5.74, 6) is 0.112. The summed E-state index contributed by atoms with van der Waals surface area (Å²) >= 11 is 6.00. The molecule has 146 valence electrons. The summed E-state index contributed by atoms with van der Waals surface area (Å²) in [6, 6.07) is 7.40. The van der Waals surface area contributed by atoms with E-state index in [2.05, 4.69) is 9.97 Å². The largest absolute Gasteiger partial charge is 0.383 e. The van der Waals surface area contributed by atoms with Gasteiger partial charge in [0.25, 0.3) is 0 Å². The summed E-state index contributed by atoms with van der Waals surface area (Å²) in [5.41, 5.74) is 7.82. The summed E-state index contributed by atoms with van der Waals surface area (Å²) < 4.78 is 1.83. The fraction of sp³-hybridized carbons (Fsp3) is 0.368. The molecule has 3 aromatic rings. The van der Waals surface area contributed by atoms with Crippen molar-refractivity contribution in [3.63, 3.8) is 0 Å². The number of nitrogen functional groups attached to an aromatic ring is 1. The molecule has 1 saturated heterocycles. The fourth-order valence-corrected chi connectivity index (χ4v) is 3.09. The maximum Gasteiger partial charge on any atom is 0.330 e. The van der Waals surface area contributed by atoms with Crippen molar-refractivity contribution >= 4 is 34.4 Å². The number of fused-ring (bicyclic) bond motifs is 1. The van der Waals surface area contributed by atoms with Gasteiger partial charge in [0.1, 0.15) is 17.8 Å². The predicted molar refractivity (Wildman–Crippen MR) is 106 cm³/mol. The lowest BCUT2D eigenvalue weighted by Crippen LogP contribution is -2.50. The molecule has 1 aliphatic rings. The van der Waals surface area contributed by atoms with Gasteiger partial charge in [-0.25, -0.2) is 19.4 Å². The van der Waals surface area contributed by atoms with Crippen LogP contribution in [-0.2, 0) is 9.63 Å². The van der Waals surface area contributed by atoms with Crippen LogP contribution in [0.1, 0.15) is 26.8 Å². The zero-order chi connectivity index (χ0) is 20.1. The normalized spacial score (nSPS) is 15.6. The number of nitrogens with two attached hydrogens (primary N) is 1. The van der Waals surface area contributed by atoms with Crippen LogP contribution in [0.2, 0.25) is 5.02 Å². The number of hydroxylamine groups is 2. The maximum atomic E-state index is 12.1. The van der Waals surface area contributed by atoms with Crippen molar-refractivity contribution in [2.75, 3.05) is 18.8 Å². The van der Waals surface area contributed by atoms with Crippen molar-refractivity contribution in [3.05, 3.63) is 35.6 Å². The SMILES string of the molecule is CC(C)(C)C(=O)ON1CC(n2nc(-c3ccc(Cl)cc3)c3c(N)ncnc32)C1. The van der Waals surface area contributed by atoms with Crippen LogP contribution < -0.4 is 5.73 Å². The second-order valence-electron chi connectivity index (χ2n) is 7.89. The summed E-state index contributed by atoms with van der Waals surface area (Å²) in [6.45, 7) is 6.54. The van der Waals surface area contributed by atoms with E-state index in [-0.39, 0.29) is 12.0 Å². The summed E-state index contributed by atoms with van der Waals surface area (Å²) in [6.07, 6.45) is 1.43. The third-order valence-electron chi connectivity index (χ3n) is 4.63. The summed E-state index contributed by atoms with van der Waals surface area (Å²) in [7, 11) is 0. The number of carbonyl (C=O) groups excluding carboxylic acids is 1. The maximum absolute atomic E-state index is 12.1. The van der Waals surface area contributed by atoms with Gasteiger partial charge in [-0.3, -0.25) is 0 Å². The van der Waals surface area contributed by atoms with Crippen LogP contribution in [0.25, 0.3) is 22.3 Å². The lowest BCUT2D eigenvalue weighted by Gasteiger charge is -2.38. The first-order valence-corrected chi connectivity index (χ1v) is 9.34. The van der Waals surface area contributed by atoms with Gasteiger partial charge < -0.3 is 10.6 Å². The van der Waals surface area contributed by atoms with Crippen molar-refractivity contribution in [1.29, 1.82) is 0 Å². The minimum atomic E-state index is -0.549. The molecule has 0 radical (unpaired) electrons. The number of carbonyl (C=O) groups is 1. The zero-order valence-electron chi connectivity index (χ0n) is 15.9. The monoisotopic (exact) mass is 400 g/mol. The van der Waals surface area contributed by atoms with E-state index in [0.717, 1.165) is 5.56 Å². The minimum Gasteiger partial charge on any atom is -0.383 e. The topological polar surface area (TPSA) is 99.2 Å². The second kappa shape index (κ2) is 6.72. The summed E-state index contributed by atoms with van der Waals surface area (Å²) in [4.78, 5) is 26.0. The Morgan fingerprint density at radius 2 is 1.89 bits per heavy atom. The molecule has 1 aliphatic heterocycles. The first-order chi connectivity index (χ1) is 13.2. The van der Waals surface area contributed by atoms with E-state index in [1.165, 1.54) is 6.33 Å². The van der Waals surface area contributed by atoms with E-state index < -0.39 is 5.41 Å². The molecular weight excluding hydrogens is 380 g/mol. The highest BCUT2D eigenvalue weighted by molar-refractivity contribution is 6.30. The number of benzene rings is 1.